The smallest absolute Gasteiger partial charge is 0.179 e. The van der Waals surface area contributed by atoms with Gasteiger partial charge in [0.1, 0.15) is 11.5 Å². The average Bonchev–Trinajstić information content (AvgIpc) is 2.83. The minimum atomic E-state index is -3.59. The number of aliphatic hydroxyl groups is 1. The first-order valence-electron chi connectivity index (χ1n) is 10.5. The van der Waals surface area contributed by atoms with Crippen LogP contribution in [0.2, 0.25) is 0 Å². The van der Waals surface area contributed by atoms with Crippen molar-refractivity contribution in [2.24, 2.45) is 5.41 Å². The number of unbranched alkanes of at least 4 members (excludes halogenated alkanes) is 1. The van der Waals surface area contributed by atoms with Crippen molar-refractivity contribution in [3.05, 3.63) is 53.6 Å². The molecule has 1 unspecified atom stereocenters. The first kappa shape index (κ1) is 22.6. The fraction of sp³-hybridized carbons (Fsp3) is 0.500. The second kappa shape index (κ2) is 8.98. The molecule has 5 nitrogen and oxygen atoms in total. The van der Waals surface area contributed by atoms with Crippen molar-refractivity contribution in [3.8, 4) is 11.5 Å². The third kappa shape index (κ3) is 4.08. The normalized spacial score (nSPS) is 25.2. The Morgan fingerprint density at radius 3 is 2.40 bits per heavy atom. The summed E-state index contributed by atoms with van der Waals surface area (Å²) in [4.78, 5) is 0.280. The lowest BCUT2D eigenvalue weighted by atomic mass is 9.69. The van der Waals surface area contributed by atoms with Gasteiger partial charge in [0.05, 0.1) is 31.0 Å². The van der Waals surface area contributed by atoms with Crippen LogP contribution in [0.1, 0.15) is 56.6 Å². The molecule has 2 aromatic rings. The van der Waals surface area contributed by atoms with Crippen LogP contribution in [0.3, 0.4) is 0 Å². The Labute approximate surface area is 180 Å². The summed E-state index contributed by atoms with van der Waals surface area (Å²) in [6.07, 6.45) is 2.19. The van der Waals surface area contributed by atoms with Crippen molar-refractivity contribution in [1.29, 1.82) is 0 Å². The Balaban J connectivity index is 2.31. The minimum absolute atomic E-state index is 0.0581. The van der Waals surface area contributed by atoms with Crippen molar-refractivity contribution in [3.63, 3.8) is 0 Å². The van der Waals surface area contributed by atoms with Gasteiger partial charge in [-0.25, -0.2) is 8.42 Å². The molecule has 0 aliphatic carbocycles. The van der Waals surface area contributed by atoms with Crippen LogP contribution in [0.4, 0.5) is 0 Å². The highest BCUT2D eigenvalue weighted by Gasteiger charge is 2.49. The number of sulfone groups is 1. The second-order valence-corrected chi connectivity index (χ2v) is 10.1. The van der Waals surface area contributed by atoms with Crippen LogP contribution in [0, 0.1) is 5.41 Å². The molecule has 1 heterocycles. The van der Waals surface area contributed by atoms with E-state index in [0.717, 1.165) is 18.4 Å². The molecule has 164 valence electrons. The Morgan fingerprint density at radius 2 is 1.77 bits per heavy atom. The fourth-order valence-electron chi connectivity index (χ4n) is 4.68. The van der Waals surface area contributed by atoms with Crippen molar-refractivity contribution in [1.82, 2.24) is 0 Å². The lowest BCUT2D eigenvalue weighted by molar-refractivity contribution is 0.0173. The summed E-state index contributed by atoms with van der Waals surface area (Å²) in [5.74, 6) is 0.685. The number of ether oxygens (including phenoxy) is 2. The third-order valence-electron chi connectivity index (χ3n) is 6.49. The van der Waals surface area contributed by atoms with E-state index < -0.39 is 27.3 Å². The molecule has 2 aromatic carbocycles. The van der Waals surface area contributed by atoms with Gasteiger partial charge in [0.15, 0.2) is 9.84 Å². The second-order valence-electron chi connectivity index (χ2n) is 8.18. The zero-order chi connectivity index (χ0) is 21.9. The Bertz CT molecular complexity index is 985. The zero-order valence-electron chi connectivity index (χ0n) is 18.2. The highest BCUT2D eigenvalue weighted by atomic mass is 32.2. The molecule has 0 spiro atoms. The number of hydrogen-bond acceptors (Lipinski definition) is 5. The predicted molar refractivity (Wildman–Crippen MR) is 118 cm³/mol. The number of fused-ring (bicyclic) bond motifs is 1. The quantitative estimate of drug-likeness (QED) is 0.694. The van der Waals surface area contributed by atoms with Gasteiger partial charge in [-0.3, -0.25) is 0 Å². The summed E-state index contributed by atoms with van der Waals surface area (Å²) < 4.78 is 37.8. The number of benzene rings is 2. The summed E-state index contributed by atoms with van der Waals surface area (Å²) >= 11 is 0. The van der Waals surface area contributed by atoms with Crippen LogP contribution in [0.5, 0.6) is 11.5 Å². The summed E-state index contributed by atoms with van der Waals surface area (Å²) in [7, 11) is -0.434. The molecule has 0 aromatic heterocycles. The van der Waals surface area contributed by atoms with Crippen LogP contribution >= 0.6 is 0 Å². The third-order valence-corrected chi connectivity index (χ3v) is 8.49. The van der Waals surface area contributed by atoms with E-state index in [-0.39, 0.29) is 10.6 Å². The summed E-state index contributed by atoms with van der Waals surface area (Å²) in [6, 6.07) is 12.6. The monoisotopic (exact) mass is 432 g/mol. The van der Waals surface area contributed by atoms with Gasteiger partial charge in [-0.05, 0) is 54.3 Å². The van der Waals surface area contributed by atoms with Crippen LogP contribution < -0.4 is 9.47 Å². The average molecular weight is 433 g/mol. The largest absolute Gasteiger partial charge is 0.497 e. The molecule has 3 rings (SSSR count). The van der Waals surface area contributed by atoms with Gasteiger partial charge in [0, 0.05) is 11.3 Å². The molecule has 6 heteroatoms. The van der Waals surface area contributed by atoms with Crippen LogP contribution in [0.25, 0.3) is 0 Å². The lowest BCUT2D eigenvalue weighted by Gasteiger charge is -2.39. The zero-order valence-corrected chi connectivity index (χ0v) is 19.0. The predicted octanol–water partition coefficient (Wildman–Crippen LogP) is 4.57. The number of aliphatic hydroxyl groups excluding tert-OH is 1. The van der Waals surface area contributed by atoms with Gasteiger partial charge < -0.3 is 14.6 Å². The molecule has 0 amide bonds. The maximum absolute atomic E-state index is 13.5. The van der Waals surface area contributed by atoms with Gasteiger partial charge in [0.25, 0.3) is 0 Å². The molecule has 1 N–H and O–H groups in total. The van der Waals surface area contributed by atoms with Crippen molar-refractivity contribution >= 4 is 9.84 Å². The number of rotatable bonds is 7. The van der Waals surface area contributed by atoms with Crippen molar-refractivity contribution in [2.45, 2.75) is 56.4 Å². The van der Waals surface area contributed by atoms with Gasteiger partial charge in [-0.15, -0.1) is 0 Å². The van der Waals surface area contributed by atoms with Crippen molar-refractivity contribution < 1.29 is 23.0 Å². The van der Waals surface area contributed by atoms with Gasteiger partial charge in [0.2, 0.25) is 0 Å². The Kier molecular flexibility index (Phi) is 6.78. The van der Waals surface area contributed by atoms with E-state index in [1.807, 2.05) is 31.2 Å². The van der Waals surface area contributed by atoms with E-state index in [9.17, 15) is 13.5 Å². The summed E-state index contributed by atoms with van der Waals surface area (Å²) in [6.45, 7) is 4.06. The molecule has 0 saturated carbocycles. The first-order valence-corrected chi connectivity index (χ1v) is 12.2. The molecular weight excluding hydrogens is 400 g/mol. The molecular formula is C24H32O5S. The van der Waals surface area contributed by atoms with Crippen LogP contribution in [0.15, 0.2) is 47.4 Å². The van der Waals surface area contributed by atoms with Crippen LogP contribution in [-0.4, -0.2) is 39.6 Å². The van der Waals surface area contributed by atoms with E-state index in [4.69, 9.17) is 9.47 Å². The molecule has 0 bridgehead atoms. The molecule has 3 atom stereocenters. The fourth-order valence-corrected chi connectivity index (χ4v) is 6.93. The highest BCUT2D eigenvalue weighted by molar-refractivity contribution is 7.91. The molecule has 30 heavy (non-hydrogen) atoms. The standard InChI is InChI=1S/C24H32O5S/c1-5-7-13-24(6-2)16-30(26,27)21-12-11-19(29-4)15-20(21)22(23(24)25)17-9-8-10-18(14-17)28-3/h8-12,14-15,22-23,25H,5-7,13,16H2,1-4H3/t22-,23?,24-/m1/s1. The van der Waals surface area contributed by atoms with Gasteiger partial charge >= 0.3 is 0 Å². The van der Waals surface area contributed by atoms with Gasteiger partial charge in [-0.1, -0.05) is 38.8 Å². The number of methoxy groups -OCH3 is 2. The SMILES string of the molecule is CCCC[C@]1(CC)CS(=O)(=O)c2ccc(OC)cc2[C@@H](c2cccc(OC)c2)C1O. The summed E-state index contributed by atoms with van der Waals surface area (Å²) in [5, 5.41) is 11.8. The molecule has 0 fully saturated rings. The van der Waals surface area contributed by atoms with E-state index >= 15 is 0 Å². The highest BCUT2D eigenvalue weighted by Crippen LogP contribution is 2.49. The first-order chi connectivity index (χ1) is 14.3. The summed E-state index contributed by atoms with van der Waals surface area (Å²) in [5.41, 5.74) is 0.694. The van der Waals surface area contributed by atoms with E-state index in [1.165, 1.54) is 0 Å². The van der Waals surface area contributed by atoms with Crippen molar-refractivity contribution in [2.75, 3.05) is 20.0 Å². The molecule has 1 aliphatic heterocycles. The minimum Gasteiger partial charge on any atom is -0.497 e. The molecule has 1 aliphatic rings. The lowest BCUT2D eigenvalue weighted by Crippen LogP contribution is -2.42. The van der Waals surface area contributed by atoms with E-state index in [1.54, 1.807) is 32.4 Å². The number of hydrogen-bond donors (Lipinski definition) is 1. The maximum atomic E-state index is 13.5. The van der Waals surface area contributed by atoms with E-state index in [2.05, 4.69) is 6.92 Å². The Morgan fingerprint density at radius 1 is 1.07 bits per heavy atom. The maximum Gasteiger partial charge on any atom is 0.179 e. The van der Waals surface area contributed by atoms with Gasteiger partial charge in [-0.2, -0.15) is 0 Å². The molecule has 0 saturated heterocycles. The molecule has 0 radical (unpaired) electrons. The van der Waals surface area contributed by atoms with Crippen LogP contribution in [-0.2, 0) is 9.84 Å². The Hall–Kier alpha value is -2.05. The van der Waals surface area contributed by atoms with E-state index in [0.29, 0.717) is 29.9 Å². The topological polar surface area (TPSA) is 72.8 Å².